The SMILES string of the molecule is CCOc1cccc2c1nc(N)n2Cc1ccccc1F. The number of nitrogen functional groups attached to an aromatic ring is 1. The summed E-state index contributed by atoms with van der Waals surface area (Å²) < 4.78 is 21.2. The Bertz CT molecular complexity index is 782. The lowest BCUT2D eigenvalue weighted by molar-refractivity contribution is 0.343. The number of ether oxygens (including phenoxy) is 1. The van der Waals surface area contributed by atoms with Gasteiger partial charge in [0, 0.05) is 5.56 Å². The Hall–Kier alpha value is -2.56. The molecule has 0 aliphatic rings. The summed E-state index contributed by atoms with van der Waals surface area (Å²) in [6.45, 7) is 2.81. The molecule has 4 nitrogen and oxygen atoms in total. The molecule has 3 aromatic rings. The molecule has 0 radical (unpaired) electrons. The van der Waals surface area contributed by atoms with Crippen LogP contribution in [0.1, 0.15) is 12.5 Å². The first-order valence-corrected chi connectivity index (χ1v) is 6.81. The van der Waals surface area contributed by atoms with Gasteiger partial charge in [0.15, 0.2) is 0 Å². The van der Waals surface area contributed by atoms with Gasteiger partial charge in [0.25, 0.3) is 0 Å². The predicted octanol–water partition coefficient (Wildman–Crippen LogP) is 3.20. The second-order valence-electron chi connectivity index (χ2n) is 4.70. The largest absolute Gasteiger partial charge is 0.492 e. The van der Waals surface area contributed by atoms with Gasteiger partial charge in [-0.25, -0.2) is 9.37 Å². The summed E-state index contributed by atoms with van der Waals surface area (Å²) in [6, 6.07) is 12.3. The first-order valence-electron chi connectivity index (χ1n) is 6.81. The van der Waals surface area contributed by atoms with Gasteiger partial charge in [-0.3, -0.25) is 0 Å². The number of fused-ring (bicyclic) bond motifs is 1. The van der Waals surface area contributed by atoms with Crippen molar-refractivity contribution in [2.75, 3.05) is 12.3 Å². The summed E-state index contributed by atoms with van der Waals surface area (Å²) in [5.41, 5.74) is 8.10. The van der Waals surface area contributed by atoms with Crippen molar-refractivity contribution in [2.24, 2.45) is 0 Å². The summed E-state index contributed by atoms with van der Waals surface area (Å²) in [6.07, 6.45) is 0. The van der Waals surface area contributed by atoms with Gasteiger partial charge >= 0.3 is 0 Å². The van der Waals surface area contributed by atoms with Crippen LogP contribution in [0.3, 0.4) is 0 Å². The Morgan fingerprint density at radius 3 is 2.76 bits per heavy atom. The first-order chi connectivity index (χ1) is 10.2. The van der Waals surface area contributed by atoms with E-state index in [0.29, 0.717) is 35.9 Å². The molecule has 0 amide bonds. The fourth-order valence-corrected chi connectivity index (χ4v) is 2.37. The lowest BCUT2D eigenvalue weighted by atomic mass is 10.2. The maximum absolute atomic E-state index is 13.8. The van der Waals surface area contributed by atoms with E-state index < -0.39 is 0 Å². The molecule has 0 unspecified atom stereocenters. The van der Waals surface area contributed by atoms with Crippen LogP contribution in [0.15, 0.2) is 42.5 Å². The molecule has 1 heterocycles. The highest BCUT2D eigenvalue weighted by Gasteiger charge is 2.13. The molecule has 0 spiro atoms. The number of para-hydroxylation sites is 1. The molecule has 2 N–H and O–H groups in total. The molecule has 0 atom stereocenters. The smallest absolute Gasteiger partial charge is 0.201 e. The second kappa shape index (κ2) is 5.44. The average molecular weight is 285 g/mol. The molecule has 2 aromatic carbocycles. The zero-order valence-electron chi connectivity index (χ0n) is 11.7. The zero-order valence-corrected chi connectivity index (χ0v) is 11.7. The van der Waals surface area contributed by atoms with Crippen LogP contribution in [0.25, 0.3) is 11.0 Å². The fourth-order valence-electron chi connectivity index (χ4n) is 2.37. The number of aromatic nitrogens is 2. The van der Waals surface area contributed by atoms with Crippen LogP contribution in [-0.2, 0) is 6.54 Å². The average Bonchev–Trinajstić information content (AvgIpc) is 2.79. The molecule has 0 bridgehead atoms. The first kappa shape index (κ1) is 13.4. The van der Waals surface area contributed by atoms with Crippen LogP contribution in [0.5, 0.6) is 5.75 Å². The zero-order chi connectivity index (χ0) is 14.8. The van der Waals surface area contributed by atoms with E-state index in [-0.39, 0.29) is 5.82 Å². The molecule has 0 saturated carbocycles. The van der Waals surface area contributed by atoms with Gasteiger partial charge in [0.2, 0.25) is 5.95 Å². The highest BCUT2D eigenvalue weighted by atomic mass is 19.1. The number of imidazole rings is 1. The van der Waals surface area contributed by atoms with E-state index in [1.54, 1.807) is 22.8 Å². The summed E-state index contributed by atoms with van der Waals surface area (Å²) in [7, 11) is 0. The summed E-state index contributed by atoms with van der Waals surface area (Å²) in [5, 5.41) is 0. The number of hydrogen-bond acceptors (Lipinski definition) is 3. The van der Waals surface area contributed by atoms with E-state index in [1.807, 2.05) is 25.1 Å². The summed E-state index contributed by atoms with van der Waals surface area (Å²) in [5.74, 6) is 0.786. The van der Waals surface area contributed by atoms with E-state index in [9.17, 15) is 4.39 Å². The molecular weight excluding hydrogens is 269 g/mol. The van der Waals surface area contributed by atoms with Crippen molar-refractivity contribution < 1.29 is 9.13 Å². The Balaban J connectivity index is 2.09. The third kappa shape index (κ3) is 2.42. The molecule has 0 aliphatic carbocycles. The van der Waals surface area contributed by atoms with Crippen LogP contribution < -0.4 is 10.5 Å². The summed E-state index contributed by atoms with van der Waals surface area (Å²) in [4.78, 5) is 4.35. The van der Waals surface area contributed by atoms with Crippen molar-refractivity contribution >= 4 is 17.0 Å². The van der Waals surface area contributed by atoms with E-state index >= 15 is 0 Å². The number of hydrogen-bond donors (Lipinski definition) is 1. The highest BCUT2D eigenvalue weighted by Crippen LogP contribution is 2.28. The van der Waals surface area contributed by atoms with Gasteiger partial charge < -0.3 is 15.0 Å². The maximum Gasteiger partial charge on any atom is 0.201 e. The maximum atomic E-state index is 13.8. The Morgan fingerprint density at radius 2 is 2.00 bits per heavy atom. The van der Waals surface area contributed by atoms with Gasteiger partial charge in [-0.1, -0.05) is 24.3 Å². The molecule has 0 saturated heterocycles. The lowest BCUT2D eigenvalue weighted by Crippen LogP contribution is -2.05. The fraction of sp³-hybridized carbons (Fsp3) is 0.188. The molecule has 3 rings (SSSR count). The number of benzene rings is 2. The number of nitrogens with two attached hydrogens (primary N) is 1. The van der Waals surface area contributed by atoms with Crippen molar-refractivity contribution in [3.8, 4) is 5.75 Å². The minimum Gasteiger partial charge on any atom is -0.492 e. The normalized spacial score (nSPS) is 11.0. The standard InChI is InChI=1S/C16H16FN3O/c1-2-21-14-9-5-8-13-15(14)19-16(18)20(13)10-11-6-3-4-7-12(11)17/h3-9H,2,10H2,1H3,(H2,18,19). The van der Waals surface area contributed by atoms with Gasteiger partial charge in [0.05, 0.1) is 18.7 Å². The lowest BCUT2D eigenvalue weighted by Gasteiger charge is -2.08. The van der Waals surface area contributed by atoms with E-state index in [4.69, 9.17) is 10.5 Å². The minimum atomic E-state index is -0.250. The van der Waals surface area contributed by atoms with E-state index in [0.717, 1.165) is 5.52 Å². The summed E-state index contributed by atoms with van der Waals surface area (Å²) >= 11 is 0. The van der Waals surface area contributed by atoms with Crippen molar-refractivity contribution in [1.82, 2.24) is 9.55 Å². The molecule has 21 heavy (non-hydrogen) atoms. The van der Waals surface area contributed by atoms with Crippen LogP contribution in [0.4, 0.5) is 10.3 Å². The molecule has 0 aliphatic heterocycles. The van der Waals surface area contributed by atoms with E-state index in [2.05, 4.69) is 4.98 Å². The highest BCUT2D eigenvalue weighted by molar-refractivity contribution is 5.84. The third-order valence-corrected chi connectivity index (χ3v) is 3.36. The predicted molar refractivity (Wildman–Crippen MR) is 80.8 cm³/mol. The van der Waals surface area contributed by atoms with Gasteiger partial charge in [-0.05, 0) is 25.1 Å². The van der Waals surface area contributed by atoms with Gasteiger partial charge in [-0.2, -0.15) is 0 Å². The number of anilines is 1. The Kier molecular flexibility index (Phi) is 3.48. The number of nitrogens with zero attached hydrogens (tertiary/aromatic N) is 2. The second-order valence-corrected chi connectivity index (χ2v) is 4.70. The monoisotopic (exact) mass is 285 g/mol. The molecule has 5 heteroatoms. The van der Waals surface area contributed by atoms with Gasteiger partial charge in [-0.15, -0.1) is 0 Å². The Labute approximate surface area is 122 Å². The van der Waals surface area contributed by atoms with Crippen LogP contribution >= 0.6 is 0 Å². The van der Waals surface area contributed by atoms with Gasteiger partial charge in [0.1, 0.15) is 17.1 Å². The minimum absolute atomic E-state index is 0.250. The molecular formula is C16H16FN3O. The number of halogens is 1. The van der Waals surface area contributed by atoms with Crippen molar-refractivity contribution in [2.45, 2.75) is 13.5 Å². The van der Waals surface area contributed by atoms with Crippen LogP contribution in [0, 0.1) is 5.82 Å². The van der Waals surface area contributed by atoms with E-state index in [1.165, 1.54) is 6.07 Å². The number of rotatable bonds is 4. The quantitative estimate of drug-likeness (QED) is 0.801. The molecule has 108 valence electrons. The topological polar surface area (TPSA) is 53.1 Å². The third-order valence-electron chi connectivity index (χ3n) is 3.36. The molecule has 1 aromatic heterocycles. The van der Waals surface area contributed by atoms with Crippen molar-refractivity contribution in [1.29, 1.82) is 0 Å². The van der Waals surface area contributed by atoms with Crippen molar-refractivity contribution in [3.63, 3.8) is 0 Å². The van der Waals surface area contributed by atoms with Crippen LogP contribution in [0.2, 0.25) is 0 Å². The van der Waals surface area contributed by atoms with Crippen molar-refractivity contribution in [3.05, 3.63) is 53.8 Å². The van der Waals surface area contributed by atoms with Crippen LogP contribution in [-0.4, -0.2) is 16.2 Å². The Morgan fingerprint density at radius 1 is 1.19 bits per heavy atom. The molecule has 0 fully saturated rings.